The summed E-state index contributed by atoms with van der Waals surface area (Å²) >= 11 is 0. The number of hydrogen-bond donors (Lipinski definition) is 2. The molecule has 0 amide bonds. The molecule has 146 valence electrons. The van der Waals surface area contributed by atoms with Crippen LogP contribution in [0.25, 0.3) is 0 Å². The van der Waals surface area contributed by atoms with Crippen LogP contribution in [-0.2, 0) is 4.79 Å². The second-order valence-corrected chi connectivity index (χ2v) is 7.37. The van der Waals surface area contributed by atoms with Gasteiger partial charge in [-0.25, -0.2) is 0 Å². The first-order valence-electron chi connectivity index (χ1n) is 9.24. The SMILES string of the molecule is [CH]CN(CCN=C1Nc2ccccc2Oc2ccccc21)CC(C)(C)C(=O)O. The number of aliphatic imine (C=N–C) groups is 1. The monoisotopic (exact) mass is 379 g/mol. The van der Waals surface area contributed by atoms with Crippen molar-refractivity contribution in [2.24, 2.45) is 10.4 Å². The summed E-state index contributed by atoms with van der Waals surface area (Å²) in [6, 6.07) is 15.5. The molecule has 0 spiro atoms. The van der Waals surface area contributed by atoms with Gasteiger partial charge in [-0.15, -0.1) is 0 Å². The van der Waals surface area contributed by atoms with Gasteiger partial charge in [0.2, 0.25) is 0 Å². The maximum Gasteiger partial charge on any atom is 0.310 e. The van der Waals surface area contributed by atoms with Gasteiger partial charge in [0, 0.05) is 19.6 Å². The first kappa shape index (κ1) is 19.9. The van der Waals surface area contributed by atoms with Crippen LogP contribution in [0.2, 0.25) is 0 Å². The van der Waals surface area contributed by atoms with E-state index in [2.05, 4.69) is 5.32 Å². The number of amidine groups is 1. The number of carboxylic acids is 1. The van der Waals surface area contributed by atoms with Crippen molar-refractivity contribution < 1.29 is 14.6 Å². The Morgan fingerprint density at radius 1 is 1.18 bits per heavy atom. The Balaban J connectivity index is 1.78. The number of nitrogens with one attached hydrogen (secondary N) is 1. The molecule has 0 fully saturated rings. The van der Waals surface area contributed by atoms with Crippen LogP contribution in [0.4, 0.5) is 5.69 Å². The van der Waals surface area contributed by atoms with E-state index in [1.165, 1.54) is 0 Å². The van der Waals surface area contributed by atoms with E-state index in [1.807, 2.05) is 53.4 Å². The number of benzene rings is 2. The molecule has 2 radical (unpaired) electrons. The van der Waals surface area contributed by atoms with Gasteiger partial charge < -0.3 is 20.1 Å². The molecule has 0 aromatic heterocycles. The Bertz CT molecular complexity index is 877. The Labute approximate surface area is 165 Å². The first-order chi connectivity index (χ1) is 13.4. The molecule has 0 atom stereocenters. The minimum atomic E-state index is -0.869. The summed E-state index contributed by atoms with van der Waals surface area (Å²) in [4.78, 5) is 18.0. The number of anilines is 1. The highest BCUT2D eigenvalue weighted by molar-refractivity contribution is 6.11. The number of ether oxygens (including phenoxy) is 1. The fourth-order valence-corrected chi connectivity index (χ4v) is 3.01. The van der Waals surface area contributed by atoms with Crippen LogP contribution in [0.15, 0.2) is 53.5 Å². The second-order valence-electron chi connectivity index (χ2n) is 7.37. The number of nitrogens with zero attached hydrogens (tertiary/aromatic N) is 2. The van der Waals surface area contributed by atoms with E-state index >= 15 is 0 Å². The van der Waals surface area contributed by atoms with E-state index in [1.54, 1.807) is 13.8 Å². The zero-order valence-corrected chi connectivity index (χ0v) is 16.2. The molecule has 2 N–H and O–H groups in total. The van der Waals surface area contributed by atoms with Gasteiger partial charge in [-0.2, -0.15) is 0 Å². The molecular weight excluding hydrogens is 354 g/mol. The van der Waals surface area contributed by atoms with E-state index in [0.717, 1.165) is 28.6 Å². The van der Waals surface area contributed by atoms with E-state index in [9.17, 15) is 9.90 Å². The topological polar surface area (TPSA) is 74.2 Å². The molecule has 0 aliphatic carbocycles. The predicted octanol–water partition coefficient (Wildman–Crippen LogP) is 3.77. The molecule has 2 aromatic carbocycles. The number of fused-ring (bicyclic) bond motifs is 2. The van der Waals surface area contributed by atoms with Gasteiger partial charge >= 0.3 is 5.97 Å². The standard InChI is InChI=1S/C22H25N3O3/c1-4-25(15-22(2,3)21(26)27)14-13-23-20-16-9-5-7-11-18(16)28-19-12-8-6-10-17(19)24-20/h1,5-12H,4,13-15H2,2-3H3,(H,23,24)(H,26,27). The lowest BCUT2D eigenvalue weighted by Crippen LogP contribution is -2.40. The molecule has 0 bridgehead atoms. The molecule has 0 saturated carbocycles. The molecule has 2 aromatic rings. The summed E-state index contributed by atoms with van der Waals surface area (Å²) in [5, 5.41) is 12.7. The third-order valence-electron chi connectivity index (χ3n) is 4.64. The molecule has 6 heteroatoms. The van der Waals surface area contributed by atoms with Crippen LogP contribution in [-0.4, -0.2) is 48.0 Å². The Morgan fingerprint density at radius 2 is 1.86 bits per heavy atom. The number of carboxylic acid groups (broad SMARTS) is 1. The molecule has 28 heavy (non-hydrogen) atoms. The molecule has 1 aliphatic rings. The minimum Gasteiger partial charge on any atom is -0.481 e. The third kappa shape index (κ3) is 4.51. The van der Waals surface area contributed by atoms with Crippen molar-refractivity contribution in [2.45, 2.75) is 13.8 Å². The van der Waals surface area contributed by atoms with Crippen molar-refractivity contribution in [1.82, 2.24) is 4.90 Å². The molecule has 3 rings (SSSR count). The number of hydrogen-bond acceptors (Lipinski definition) is 4. The van der Waals surface area contributed by atoms with Gasteiger partial charge in [-0.1, -0.05) is 24.3 Å². The van der Waals surface area contributed by atoms with Crippen molar-refractivity contribution in [3.8, 4) is 11.5 Å². The predicted molar refractivity (Wildman–Crippen MR) is 110 cm³/mol. The van der Waals surface area contributed by atoms with E-state index in [-0.39, 0.29) is 6.54 Å². The Hall–Kier alpha value is -2.86. The molecular formula is C22H25N3O3. The van der Waals surface area contributed by atoms with Crippen LogP contribution >= 0.6 is 0 Å². The highest BCUT2D eigenvalue weighted by Gasteiger charge is 2.29. The lowest BCUT2D eigenvalue weighted by molar-refractivity contribution is -0.147. The van der Waals surface area contributed by atoms with Crippen LogP contribution in [0.5, 0.6) is 11.5 Å². The lowest BCUT2D eigenvalue weighted by atomic mass is 9.93. The summed E-state index contributed by atoms with van der Waals surface area (Å²) in [6.45, 7) is 10.9. The van der Waals surface area contributed by atoms with Gasteiger partial charge in [0.15, 0.2) is 5.75 Å². The molecule has 6 nitrogen and oxygen atoms in total. The van der Waals surface area contributed by atoms with Crippen molar-refractivity contribution in [3.63, 3.8) is 0 Å². The summed E-state index contributed by atoms with van der Waals surface area (Å²) in [7, 11) is 0. The van der Waals surface area contributed by atoms with Crippen molar-refractivity contribution in [1.29, 1.82) is 0 Å². The molecule has 0 saturated heterocycles. The number of aliphatic carboxylic acids is 1. The summed E-state index contributed by atoms with van der Waals surface area (Å²) in [5.41, 5.74) is 0.857. The van der Waals surface area contributed by atoms with Crippen LogP contribution < -0.4 is 10.1 Å². The average molecular weight is 379 g/mol. The minimum absolute atomic E-state index is 0.275. The smallest absolute Gasteiger partial charge is 0.310 e. The zero-order valence-electron chi connectivity index (χ0n) is 16.2. The van der Waals surface area contributed by atoms with Gasteiger partial charge in [0.25, 0.3) is 0 Å². The average Bonchev–Trinajstić information content (AvgIpc) is 2.83. The van der Waals surface area contributed by atoms with Gasteiger partial charge in [-0.3, -0.25) is 9.79 Å². The first-order valence-corrected chi connectivity index (χ1v) is 9.24. The van der Waals surface area contributed by atoms with E-state index in [4.69, 9.17) is 16.7 Å². The Morgan fingerprint density at radius 3 is 2.57 bits per heavy atom. The van der Waals surface area contributed by atoms with E-state index in [0.29, 0.717) is 19.6 Å². The maximum absolute atomic E-state index is 11.4. The summed E-state index contributed by atoms with van der Waals surface area (Å²) < 4.78 is 6.03. The van der Waals surface area contributed by atoms with Crippen molar-refractivity contribution in [2.75, 3.05) is 31.5 Å². The van der Waals surface area contributed by atoms with Crippen LogP contribution in [0.3, 0.4) is 0 Å². The summed E-state index contributed by atoms with van der Waals surface area (Å²) in [5.74, 6) is 1.36. The normalized spacial score (nSPS) is 14.6. The summed E-state index contributed by atoms with van der Waals surface area (Å²) in [6.07, 6.45) is 0. The highest BCUT2D eigenvalue weighted by atomic mass is 16.5. The quantitative estimate of drug-likeness (QED) is 0.766. The molecule has 1 heterocycles. The highest BCUT2D eigenvalue weighted by Crippen LogP contribution is 2.35. The molecule has 1 aliphatic heterocycles. The number of para-hydroxylation sites is 3. The van der Waals surface area contributed by atoms with Crippen molar-refractivity contribution >= 4 is 17.5 Å². The lowest BCUT2D eigenvalue weighted by Gasteiger charge is -2.28. The van der Waals surface area contributed by atoms with Gasteiger partial charge in [0.1, 0.15) is 11.6 Å². The van der Waals surface area contributed by atoms with Crippen LogP contribution in [0, 0.1) is 12.3 Å². The maximum atomic E-state index is 11.4. The van der Waals surface area contributed by atoms with Gasteiger partial charge in [-0.05, 0) is 45.0 Å². The Kier molecular flexibility index (Phi) is 5.99. The number of carbonyl (C=O) groups is 1. The van der Waals surface area contributed by atoms with E-state index < -0.39 is 11.4 Å². The zero-order chi connectivity index (χ0) is 20.1. The third-order valence-corrected chi connectivity index (χ3v) is 4.64. The second kappa shape index (κ2) is 8.44. The fraction of sp³-hybridized carbons (Fsp3) is 0.318. The van der Waals surface area contributed by atoms with Crippen LogP contribution in [0.1, 0.15) is 19.4 Å². The molecule has 0 unspecified atom stereocenters. The largest absolute Gasteiger partial charge is 0.481 e. The van der Waals surface area contributed by atoms with Gasteiger partial charge in [0.05, 0.1) is 23.2 Å². The van der Waals surface area contributed by atoms with Crippen molar-refractivity contribution in [3.05, 3.63) is 61.0 Å². The fourth-order valence-electron chi connectivity index (χ4n) is 3.01. The number of rotatable bonds is 7.